The summed E-state index contributed by atoms with van der Waals surface area (Å²) in [7, 11) is 0. The highest BCUT2D eigenvalue weighted by Gasteiger charge is 2.15. The fraction of sp³-hybridized carbons (Fsp3) is 0.500. The Morgan fingerprint density at radius 3 is 2.73 bits per heavy atom. The van der Waals surface area contributed by atoms with Crippen LogP contribution in [0.25, 0.3) is 0 Å². The van der Waals surface area contributed by atoms with Crippen LogP contribution in [-0.2, 0) is 5.75 Å². The smallest absolute Gasteiger partial charge is 0.0325 e. The number of hydrogen-bond acceptors (Lipinski definition) is 2. The lowest BCUT2D eigenvalue weighted by Crippen LogP contribution is -1.95. The first-order valence-electron chi connectivity index (χ1n) is 5.41. The van der Waals surface area contributed by atoms with Crippen molar-refractivity contribution in [2.24, 2.45) is 0 Å². The number of halogens is 1. The molecule has 0 unspecified atom stereocenters. The van der Waals surface area contributed by atoms with Crippen LogP contribution in [-0.4, -0.2) is 5.25 Å². The molecule has 0 saturated heterocycles. The van der Waals surface area contributed by atoms with Gasteiger partial charge in [0.2, 0.25) is 0 Å². The van der Waals surface area contributed by atoms with E-state index >= 15 is 0 Å². The summed E-state index contributed by atoms with van der Waals surface area (Å²) in [5, 5.41) is 0.884. The molecule has 82 valence electrons. The first kappa shape index (κ1) is 11.3. The van der Waals surface area contributed by atoms with Crippen molar-refractivity contribution < 1.29 is 0 Å². The predicted molar refractivity (Wildman–Crippen MR) is 72.1 cm³/mol. The predicted octanol–water partition coefficient (Wildman–Crippen LogP) is 4.21. The number of anilines is 1. The van der Waals surface area contributed by atoms with Crippen molar-refractivity contribution in [2.75, 3.05) is 5.73 Å². The van der Waals surface area contributed by atoms with E-state index in [1.807, 2.05) is 12.1 Å². The van der Waals surface area contributed by atoms with E-state index in [4.69, 9.17) is 5.73 Å². The van der Waals surface area contributed by atoms with Gasteiger partial charge in [0, 0.05) is 21.2 Å². The molecule has 1 aliphatic rings. The molecule has 0 aliphatic heterocycles. The Kier molecular flexibility index (Phi) is 3.98. The minimum absolute atomic E-state index is 0.830. The van der Waals surface area contributed by atoms with E-state index in [0.29, 0.717) is 0 Å². The van der Waals surface area contributed by atoms with Crippen LogP contribution in [0, 0.1) is 0 Å². The summed E-state index contributed by atoms with van der Waals surface area (Å²) in [5.74, 6) is 1.10. The maximum Gasteiger partial charge on any atom is 0.0325 e. The molecular weight excluding hydrogens is 270 g/mol. The molecular formula is C12H16BrNS. The average Bonchev–Trinajstić information content (AvgIpc) is 2.69. The van der Waals surface area contributed by atoms with Gasteiger partial charge in [0.1, 0.15) is 0 Å². The third kappa shape index (κ3) is 3.15. The Bertz CT molecular complexity index is 334. The van der Waals surface area contributed by atoms with Crippen molar-refractivity contribution in [1.82, 2.24) is 0 Å². The first-order chi connectivity index (χ1) is 7.25. The Hall–Kier alpha value is -0.150. The topological polar surface area (TPSA) is 26.0 Å². The molecule has 2 N–H and O–H groups in total. The van der Waals surface area contributed by atoms with E-state index in [-0.39, 0.29) is 0 Å². The van der Waals surface area contributed by atoms with Crippen molar-refractivity contribution in [1.29, 1.82) is 0 Å². The van der Waals surface area contributed by atoms with Gasteiger partial charge >= 0.3 is 0 Å². The second-order valence-electron chi connectivity index (χ2n) is 4.07. The van der Waals surface area contributed by atoms with E-state index in [1.165, 1.54) is 31.2 Å². The molecule has 0 bridgehead atoms. The summed E-state index contributed by atoms with van der Waals surface area (Å²) in [6.45, 7) is 0. The summed E-state index contributed by atoms with van der Waals surface area (Å²) in [5.41, 5.74) is 7.90. The number of hydrogen-bond donors (Lipinski definition) is 1. The lowest BCUT2D eigenvalue weighted by Gasteiger charge is -2.10. The number of benzene rings is 1. The van der Waals surface area contributed by atoms with Gasteiger partial charge in [-0.3, -0.25) is 0 Å². The van der Waals surface area contributed by atoms with Gasteiger partial charge in [-0.2, -0.15) is 11.8 Å². The minimum Gasteiger partial charge on any atom is -0.399 e. The Morgan fingerprint density at radius 1 is 1.33 bits per heavy atom. The normalized spacial score (nSPS) is 17.1. The highest BCUT2D eigenvalue weighted by molar-refractivity contribution is 9.10. The van der Waals surface area contributed by atoms with E-state index < -0.39 is 0 Å². The molecule has 1 aromatic carbocycles. The fourth-order valence-corrected chi connectivity index (χ4v) is 4.00. The van der Waals surface area contributed by atoms with Crippen molar-refractivity contribution >= 4 is 33.4 Å². The zero-order valence-electron chi connectivity index (χ0n) is 8.71. The highest BCUT2D eigenvalue weighted by atomic mass is 79.9. The number of nitrogens with two attached hydrogens (primary N) is 1. The fourth-order valence-electron chi connectivity index (χ4n) is 1.94. The Morgan fingerprint density at radius 2 is 2.07 bits per heavy atom. The van der Waals surface area contributed by atoms with Crippen molar-refractivity contribution in [3.8, 4) is 0 Å². The van der Waals surface area contributed by atoms with Crippen molar-refractivity contribution in [2.45, 2.75) is 36.7 Å². The molecule has 0 spiro atoms. The lowest BCUT2D eigenvalue weighted by atomic mass is 10.2. The van der Waals surface area contributed by atoms with Crippen molar-refractivity contribution in [3.05, 3.63) is 28.2 Å². The summed E-state index contributed by atoms with van der Waals surface area (Å²) in [4.78, 5) is 0. The van der Waals surface area contributed by atoms with Gasteiger partial charge in [-0.15, -0.1) is 0 Å². The Labute approximate surface area is 104 Å². The molecule has 0 heterocycles. The summed E-state index contributed by atoms with van der Waals surface area (Å²) < 4.78 is 1.15. The van der Waals surface area contributed by atoms with E-state index in [0.717, 1.165) is 21.2 Å². The molecule has 1 fully saturated rings. The van der Waals surface area contributed by atoms with Crippen LogP contribution in [0.2, 0.25) is 0 Å². The van der Waals surface area contributed by atoms with Crippen LogP contribution in [0.15, 0.2) is 22.7 Å². The van der Waals surface area contributed by atoms with Crippen LogP contribution in [0.3, 0.4) is 0 Å². The van der Waals surface area contributed by atoms with Gasteiger partial charge in [-0.25, -0.2) is 0 Å². The van der Waals surface area contributed by atoms with Crippen LogP contribution < -0.4 is 5.73 Å². The molecule has 1 aromatic rings. The summed E-state index contributed by atoms with van der Waals surface area (Å²) in [6, 6.07) is 6.10. The number of rotatable bonds is 3. The zero-order chi connectivity index (χ0) is 10.7. The molecule has 0 radical (unpaired) electrons. The summed E-state index contributed by atoms with van der Waals surface area (Å²) >= 11 is 5.65. The summed E-state index contributed by atoms with van der Waals surface area (Å²) in [6.07, 6.45) is 5.63. The van der Waals surface area contributed by atoms with Gasteiger partial charge in [0.25, 0.3) is 0 Å². The molecule has 1 aliphatic carbocycles. The molecule has 2 rings (SSSR count). The highest BCUT2D eigenvalue weighted by Crippen LogP contribution is 2.33. The largest absolute Gasteiger partial charge is 0.399 e. The maximum atomic E-state index is 5.71. The SMILES string of the molecule is Nc1ccc(CSC2CCCC2)c(Br)c1. The lowest BCUT2D eigenvalue weighted by molar-refractivity contribution is 0.886. The van der Waals surface area contributed by atoms with Crippen LogP contribution in [0.4, 0.5) is 5.69 Å². The van der Waals surface area contributed by atoms with Gasteiger partial charge in [0.15, 0.2) is 0 Å². The molecule has 0 aromatic heterocycles. The standard InChI is InChI=1S/C12H16BrNS/c13-12-7-10(14)6-5-9(12)8-15-11-3-1-2-4-11/h5-7,11H,1-4,8,14H2. The molecule has 15 heavy (non-hydrogen) atoms. The number of thioether (sulfide) groups is 1. The van der Waals surface area contributed by atoms with Crippen LogP contribution >= 0.6 is 27.7 Å². The third-order valence-corrected chi connectivity index (χ3v) is 5.01. The van der Waals surface area contributed by atoms with Gasteiger partial charge in [0.05, 0.1) is 0 Å². The van der Waals surface area contributed by atoms with Crippen molar-refractivity contribution in [3.63, 3.8) is 0 Å². The van der Waals surface area contributed by atoms with Crippen LogP contribution in [0.5, 0.6) is 0 Å². The van der Waals surface area contributed by atoms with Gasteiger partial charge in [-0.1, -0.05) is 34.8 Å². The molecule has 0 amide bonds. The van der Waals surface area contributed by atoms with Crippen LogP contribution in [0.1, 0.15) is 31.2 Å². The quantitative estimate of drug-likeness (QED) is 0.842. The minimum atomic E-state index is 0.830. The third-order valence-electron chi connectivity index (χ3n) is 2.85. The first-order valence-corrected chi connectivity index (χ1v) is 7.25. The maximum absolute atomic E-state index is 5.71. The van der Waals surface area contributed by atoms with Gasteiger partial charge in [-0.05, 0) is 30.5 Å². The molecule has 0 atom stereocenters. The average molecular weight is 286 g/mol. The van der Waals surface area contributed by atoms with E-state index in [1.54, 1.807) is 0 Å². The zero-order valence-corrected chi connectivity index (χ0v) is 11.1. The molecule has 1 saturated carbocycles. The monoisotopic (exact) mass is 285 g/mol. The molecule has 3 heteroatoms. The van der Waals surface area contributed by atoms with Gasteiger partial charge < -0.3 is 5.73 Å². The number of nitrogen functional groups attached to an aromatic ring is 1. The molecule has 1 nitrogen and oxygen atoms in total. The van der Waals surface area contributed by atoms with E-state index in [9.17, 15) is 0 Å². The second kappa shape index (κ2) is 5.26. The van der Waals surface area contributed by atoms with E-state index in [2.05, 4.69) is 33.8 Å². The Balaban J connectivity index is 1.92. The second-order valence-corrected chi connectivity index (χ2v) is 6.21.